The summed E-state index contributed by atoms with van der Waals surface area (Å²) in [5.74, 6) is 0.331. The van der Waals surface area contributed by atoms with E-state index in [-0.39, 0.29) is 0 Å². The second-order valence-corrected chi connectivity index (χ2v) is 5.88. The molecule has 0 rings (SSSR count). The smallest absolute Gasteiger partial charge is 0.164 e. The molecule has 0 aromatic heterocycles. The van der Waals surface area contributed by atoms with E-state index in [4.69, 9.17) is 11.6 Å². The lowest BCUT2D eigenvalue weighted by molar-refractivity contribution is 0.567. The molecular formula is C6H13ClO2S. The summed E-state index contributed by atoms with van der Waals surface area (Å²) in [4.78, 5) is 0. The van der Waals surface area contributed by atoms with E-state index in [1.54, 1.807) is 0 Å². The fourth-order valence-corrected chi connectivity index (χ4v) is 1.64. The minimum atomic E-state index is -3.03. The highest BCUT2D eigenvalue weighted by Crippen LogP contribution is 2.15. The van der Waals surface area contributed by atoms with Crippen molar-refractivity contribution in [2.24, 2.45) is 5.92 Å². The second-order valence-electron chi connectivity index (χ2n) is 2.87. The summed E-state index contributed by atoms with van der Waals surface area (Å²) in [5.41, 5.74) is 0. The zero-order chi connectivity index (χ0) is 8.36. The van der Waals surface area contributed by atoms with Crippen molar-refractivity contribution >= 4 is 21.4 Å². The Morgan fingerprint density at radius 3 is 1.90 bits per heavy atom. The van der Waals surface area contributed by atoms with Gasteiger partial charge in [0, 0.05) is 6.26 Å². The normalized spacial score (nSPS) is 15.7. The van der Waals surface area contributed by atoms with E-state index in [1.807, 2.05) is 13.8 Å². The molecule has 4 heteroatoms. The van der Waals surface area contributed by atoms with Gasteiger partial charge in [-0.3, -0.25) is 0 Å². The van der Waals surface area contributed by atoms with Gasteiger partial charge in [0.25, 0.3) is 0 Å². The monoisotopic (exact) mass is 184 g/mol. The summed E-state index contributed by atoms with van der Waals surface area (Å²) in [6.45, 7) is 3.89. The Morgan fingerprint density at radius 2 is 1.80 bits per heavy atom. The third-order valence-corrected chi connectivity index (χ3v) is 3.39. The van der Waals surface area contributed by atoms with Crippen LogP contribution in [0.4, 0.5) is 0 Å². The Bertz CT molecular complexity index is 184. The first-order valence-corrected chi connectivity index (χ1v) is 5.56. The third kappa shape index (κ3) is 4.12. The van der Waals surface area contributed by atoms with Crippen molar-refractivity contribution in [1.29, 1.82) is 0 Å². The maximum Gasteiger partial charge on any atom is 0.164 e. The Hall–Kier alpha value is 0.240. The molecule has 0 aromatic carbocycles. The van der Waals surface area contributed by atoms with Crippen LogP contribution in [0.2, 0.25) is 0 Å². The molecular weight excluding hydrogens is 172 g/mol. The van der Waals surface area contributed by atoms with Gasteiger partial charge in [0.05, 0.1) is 0 Å². The first-order valence-electron chi connectivity index (χ1n) is 3.17. The van der Waals surface area contributed by atoms with Crippen molar-refractivity contribution in [2.75, 3.05) is 6.26 Å². The van der Waals surface area contributed by atoms with E-state index in [2.05, 4.69) is 0 Å². The standard InChI is InChI=1S/C6H13ClO2S/c1-5(2)4-6(7)10(3,8)9/h5-6H,4H2,1-3H3. The van der Waals surface area contributed by atoms with Crippen LogP contribution in [0.5, 0.6) is 0 Å². The van der Waals surface area contributed by atoms with Crippen LogP contribution in [-0.4, -0.2) is 19.4 Å². The van der Waals surface area contributed by atoms with Crippen LogP contribution in [0.3, 0.4) is 0 Å². The van der Waals surface area contributed by atoms with Gasteiger partial charge in [-0.1, -0.05) is 13.8 Å². The molecule has 0 aliphatic heterocycles. The van der Waals surface area contributed by atoms with E-state index in [0.717, 1.165) is 6.26 Å². The maximum atomic E-state index is 10.7. The summed E-state index contributed by atoms with van der Waals surface area (Å²) in [5, 5.41) is 0. The molecule has 0 aromatic rings. The number of hydrogen-bond donors (Lipinski definition) is 0. The van der Waals surface area contributed by atoms with Gasteiger partial charge in [-0.05, 0) is 12.3 Å². The zero-order valence-corrected chi connectivity index (χ0v) is 8.04. The van der Waals surface area contributed by atoms with E-state index in [9.17, 15) is 8.42 Å². The highest BCUT2D eigenvalue weighted by molar-refractivity contribution is 7.92. The highest BCUT2D eigenvalue weighted by atomic mass is 35.5. The largest absolute Gasteiger partial charge is 0.228 e. The predicted molar refractivity (Wildman–Crippen MR) is 43.9 cm³/mol. The van der Waals surface area contributed by atoms with Gasteiger partial charge in [-0.25, -0.2) is 8.42 Å². The molecule has 62 valence electrons. The zero-order valence-electron chi connectivity index (χ0n) is 6.46. The number of halogens is 1. The lowest BCUT2D eigenvalue weighted by Crippen LogP contribution is -2.15. The van der Waals surface area contributed by atoms with E-state index < -0.39 is 14.5 Å². The van der Waals surface area contributed by atoms with E-state index in [1.165, 1.54) is 0 Å². The topological polar surface area (TPSA) is 34.1 Å². The molecule has 10 heavy (non-hydrogen) atoms. The number of hydrogen-bond acceptors (Lipinski definition) is 2. The molecule has 0 spiro atoms. The third-order valence-electron chi connectivity index (χ3n) is 1.12. The first-order chi connectivity index (χ1) is 4.34. The van der Waals surface area contributed by atoms with Gasteiger partial charge in [-0.2, -0.15) is 0 Å². The molecule has 0 aliphatic carbocycles. The van der Waals surface area contributed by atoms with Crippen molar-refractivity contribution in [3.8, 4) is 0 Å². The van der Waals surface area contributed by atoms with Crippen LogP contribution in [0, 0.1) is 5.92 Å². The van der Waals surface area contributed by atoms with Gasteiger partial charge < -0.3 is 0 Å². The molecule has 0 bridgehead atoms. The molecule has 2 nitrogen and oxygen atoms in total. The van der Waals surface area contributed by atoms with Crippen LogP contribution in [0.15, 0.2) is 0 Å². The summed E-state index contributed by atoms with van der Waals surface area (Å²) >= 11 is 5.56. The summed E-state index contributed by atoms with van der Waals surface area (Å²) in [6, 6.07) is 0. The quantitative estimate of drug-likeness (QED) is 0.625. The van der Waals surface area contributed by atoms with Crippen LogP contribution in [0.25, 0.3) is 0 Å². The summed E-state index contributed by atoms with van der Waals surface area (Å²) in [7, 11) is -3.03. The molecule has 0 saturated carbocycles. The molecule has 0 fully saturated rings. The molecule has 0 N–H and O–H groups in total. The lowest BCUT2D eigenvalue weighted by Gasteiger charge is -2.08. The van der Waals surface area contributed by atoms with Crippen molar-refractivity contribution in [1.82, 2.24) is 0 Å². The average Bonchev–Trinajstić information content (AvgIpc) is 1.60. The molecule has 0 heterocycles. The summed E-state index contributed by atoms with van der Waals surface area (Å²) in [6.07, 6.45) is 1.69. The first kappa shape index (κ1) is 10.2. The predicted octanol–water partition coefficient (Wildman–Crippen LogP) is 1.64. The van der Waals surface area contributed by atoms with Gasteiger partial charge in [-0.15, -0.1) is 11.6 Å². The Labute approximate surface area is 67.5 Å². The lowest BCUT2D eigenvalue weighted by atomic mass is 10.2. The fraction of sp³-hybridized carbons (Fsp3) is 1.00. The molecule has 1 unspecified atom stereocenters. The molecule has 0 saturated heterocycles. The van der Waals surface area contributed by atoms with E-state index in [0.29, 0.717) is 12.3 Å². The molecule has 0 aliphatic rings. The minimum absolute atomic E-state index is 0.331. The molecule has 0 radical (unpaired) electrons. The number of rotatable bonds is 3. The number of sulfone groups is 1. The maximum absolute atomic E-state index is 10.7. The SMILES string of the molecule is CC(C)CC(Cl)S(C)(=O)=O. The second kappa shape index (κ2) is 3.58. The Balaban J connectivity index is 3.99. The van der Waals surface area contributed by atoms with Gasteiger partial charge in [0.2, 0.25) is 0 Å². The van der Waals surface area contributed by atoms with Crippen molar-refractivity contribution in [2.45, 2.75) is 25.0 Å². The van der Waals surface area contributed by atoms with Crippen LogP contribution < -0.4 is 0 Å². The minimum Gasteiger partial charge on any atom is -0.228 e. The highest BCUT2D eigenvalue weighted by Gasteiger charge is 2.17. The number of alkyl halides is 1. The van der Waals surface area contributed by atoms with Gasteiger partial charge in [0.15, 0.2) is 9.84 Å². The van der Waals surface area contributed by atoms with E-state index >= 15 is 0 Å². The van der Waals surface area contributed by atoms with Crippen LogP contribution in [-0.2, 0) is 9.84 Å². The van der Waals surface area contributed by atoms with Crippen LogP contribution in [0.1, 0.15) is 20.3 Å². The van der Waals surface area contributed by atoms with Crippen LogP contribution >= 0.6 is 11.6 Å². The van der Waals surface area contributed by atoms with Crippen molar-refractivity contribution < 1.29 is 8.42 Å². The summed E-state index contributed by atoms with van der Waals surface area (Å²) < 4.78 is 20.8. The Morgan fingerprint density at radius 1 is 1.40 bits per heavy atom. The van der Waals surface area contributed by atoms with Crippen molar-refractivity contribution in [3.63, 3.8) is 0 Å². The molecule has 0 amide bonds. The Kier molecular flexibility index (Phi) is 3.66. The molecule has 1 atom stereocenters. The average molecular weight is 185 g/mol. The van der Waals surface area contributed by atoms with Crippen molar-refractivity contribution in [3.05, 3.63) is 0 Å². The van der Waals surface area contributed by atoms with Gasteiger partial charge in [0.1, 0.15) is 4.71 Å². The van der Waals surface area contributed by atoms with Gasteiger partial charge >= 0.3 is 0 Å². The fourth-order valence-electron chi connectivity index (χ4n) is 0.545.